The highest BCUT2D eigenvalue weighted by Gasteiger charge is 2.24. The molecule has 12 nitrogen and oxygen atoms in total. The first-order valence-electron chi connectivity index (χ1n) is 14.1. The second-order valence-corrected chi connectivity index (χ2v) is 10.1. The van der Waals surface area contributed by atoms with E-state index in [1.54, 1.807) is 41.3 Å². The van der Waals surface area contributed by atoms with E-state index in [0.29, 0.717) is 59.9 Å². The van der Waals surface area contributed by atoms with Crippen LogP contribution in [0.3, 0.4) is 0 Å². The summed E-state index contributed by atoms with van der Waals surface area (Å²) in [6.07, 6.45) is 3.83. The molecule has 3 N–H and O–H groups in total. The van der Waals surface area contributed by atoms with Crippen LogP contribution in [-0.4, -0.2) is 58.9 Å². The monoisotopic (exact) mass is 614 g/mol. The predicted octanol–water partition coefficient (Wildman–Crippen LogP) is 4.65. The third-order valence-electron chi connectivity index (χ3n) is 7.02. The lowest BCUT2D eigenvalue weighted by Gasteiger charge is -2.31. The van der Waals surface area contributed by atoms with Gasteiger partial charge in [0.25, 0.3) is 5.91 Å². The SMILES string of the molecule is C=CC(=O)N1CCC(Oc2cc3c(Nc4ccc(Oc5cccc(C(=O)NNC(C)=O)c5)cc4F)ncnc3cc2OC)CC1. The number of hydrogen-bond donors (Lipinski definition) is 3. The number of likely N-dealkylation sites (tertiary alicyclic amines) is 1. The second-order valence-electron chi connectivity index (χ2n) is 10.1. The van der Waals surface area contributed by atoms with Crippen LogP contribution in [0.1, 0.15) is 30.1 Å². The first-order valence-corrected chi connectivity index (χ1v) is 14.1. The first-order chi connectivity index (χ1) is 21.7. The lowest BCUT2D eigenvalue weighted by Crippen LogP contribution is -2.41. The van der Waals surface area contributed by atoms with E-state index in [4.69, 9.17) is 14.2 Å². The van der Waals surface area contributed by atoms with Crippen molar-refractivity contribution in [2.24, 2.45) is 0 Å². The van der Waals surface area contributed by atoms with Crippen LogP contribution in [0.5, 0.6) is 23.0 Å². The molecular formula is C32H31FN6O6. The molecule has 0 spiro atoms. The second kappa shape index (κ2) is 13.7. The number of hydrogen-bond acceptors (Lipinski definition) is 9. The van der Waals surface area contributed by atoms with Crippen molar-refractivity contribution in [3.05, 3.63) is 85.0 Å². The number of hydrazine groups is 1. The molecular weight excluding hydrogens is 583 g/mol. The Morgan fingerprint density at radius 2 is 1.78 bits per heavy atom. The lowest BCUT2D eigenvalue weighted by atomic mass is 10.1. The Hall–Kier alpha value is -5.72. The van der Waals surface area contributed by atoms with Gasteiger partial charge in [0.2, 0.25) is 11.8 Å². The maximum atomic E-state index is 15.3. The minimum Gasteiger partial charge on any atom is -0.493 e. The fraction of sp³-hybridized carbons (Fsp3) is 0.219. The van der Waals surface area contributed by atoms with Crippen molar-refractivity contribution in [2.75, 3.05) is 25.5 Å². The molecule has 1 aliphatic rings. The number of halogens is 1. The van der Waals surface area contributed by atoms with Crippen LogP contribution in [0, 0.1) is 5.82 Å². The van der Waals surface area contributed by atoms with Gasteiger partial charge in [0.15, 0.2) is 11.5 Å². The van der Waals surface area contributed by atoms with Crippen molar-refractivity contribution in [2.45, 2.75) is 25.9 Å². The van der Waals surface area contributed by atoms with Crippen LogP contribution < -0.4 is 30.4 Å². The summed E-state index contributed by atoms with van der Waals surface area (Å²) < 4.78 is 32.9. The van der Waals surface area contributed by atoms with Gasteiger partial charge in [-0.15, -0.1) is 0 Å². The quantitative estimate of drug-likeness (QED) is 0.181. The van der Waals surface area contributed by atoms with Crippen LogP contribution in [0.25, 0.3) is 10.9 Å². The summed E-state index contributed by atoms with van der Waals surface area (Å²) in [4.78, 5) is 45.6. The molecule has 13 heteroatoms. The maximum Gasteiger partial charge on any atom is 0.269 e. The molecule has 3 aromatic carbocycles. The zero-order valence-electron chi connectivity index (χ0n) is 24.6. The summed E-state index contributed by atoms with van der Waals surface area (Å²) in [6.45, 7) is 5.93. The fourth-order valence-corrected chi connectivity index (χ4v) is 4.76. The normalized spacial score (nSPS) is 13.1. The third kappa shape index (κ3) is 7.44. The number of methoxy groups -OCH3 is 1. The number of aromatic nitrogens is 2. The van der Waals surface area contributed by atoms with E-state index in [1.165, 1.54) is 44.6 Å². The molecule has 0 unspecified atom stereocenters. The molecule has 1 saturated heterocycles. The van der Waals surface area contributed by atoms with Gasteiger partial charge in [-0.3, -0.25) is 25.2 Å². The van der Waals surface area contributed by atoms with Crippen LogP contribution in [-0.2, 0) is 9.59 Å². The Labute approximate surface area is 258 Å². The van der Waals surface area contributed by atoms with Crippen LogP contribution in [0.2, 0.25) is 0 Å². The number of amides is 3. The maximum absolute atomic E-state index is 15.3. The minimum atomic E-state index is -0.607. The average Bonchev–Trinajstić information content (AvgIpc) is 3.04. The summed E-state index contributed by atoms with van der Waals surface area (Å²) in [5, 5.41) is 3.61. The number of rotatable bonds is 9. The summed E-state index contributed by atoms with van der Waals surface area (Å²) in [6, 6.07) is 14.0. The Bertz CT molecular complexity index is 1760. The summed E-state index contributed by atoms with van der Waals surface area (Å²) >= 11 is 0. The molecule has 0 saturated carbocycles. The molecule has 1 fully saturated rings. The molecule has 0 aliphatic carbocycles. The van der Waals surface area contributed by atoms with Crippen LogP contribution in [0.15, 0.2) is 73.6 Å². The lowest BCUT2D eigenvalue weighted by molar-refractivity contribution is -0.127. The molecule has 1 aliphatic heterocycles. The van der Waals surface area contributed by atoms with E-state index in [9.17, 15) is 14.4 Å². The summed E-state index contributed by atoms with van der Waals surface area (Å²) in [5.74, 6) is 0.158. The number of piperidine rings is 1. The zero-order valence-corrected chi connectivity index (χ0v) is 24.6. The third-order valence-corrected chi connectivity index (χ3v) is 7.02. The van der Waals surface area contributed by atoms with E-state index < -0.39 is 17.6 Å². The van der Waals surface area contributed by atoms with E-state index in [1.807, 2.05) is 0 Å². The number of carbonyl (C=O) groups is 3. The summed E-state index contributed by atoms with van der Waals surface area (Å²) in [5.41, 5.74) is 5.44. The molecule has 0 radical (unpaired) electrons. The largest absolute Gasteiger partial charge is 0.493 e. The van der Waals surface area contributed by atoms with Crippen molar-refractivity contribution in [1.82, 2.24) is 25.7 Å². The average molecular weight is 615 g/mol. The molecule has 232 valence electrons. The number of fused-ring (bicyclic) bond motifs is 1. The van der Waals surface area contributed by atoms with E-state index >= 15 is 4.39 Å². The summed E-state index contributed by atoms with van der Waals surface area (Å²) in [7, 11) is 1.54. The van der Waals surface area contributed by atoms with Gasteiger partial charge in [-0.25, -0.2) is 14.4 Å². The molecule has 1 aromatic heterocycles. The van der Waals surface area contributed by atoms with E-state index in [2.05, 4.69) is 32.7 Å². The Balaban J connectivity index is 1.32. The van der Waals surface area contributed by atoms with E-state index in [0.717, 1.165) is 0 Å². The minimum absolute atomic E-state index is 0.102. The smallest absolute Gasteiger partial charge is 0.269 e. The van der Waals surface area contributed by atoms with Crippen molar-refractivity contribution < 1.29 is 33.0 Å². The standard InChI is InChI=1S/C32H31FN6O6/c1-4-30(41)39-12-10-21(11-13-39)45-29-16-24-27(17-28(29)43-3)34-18-35-31(24)36-26-9-8-23(15-25(26)33)44-22-7-5-6-20(14-22)32(42)38-37-19(2)40/h4-9,14-18,21H,1,10-13H2,2-3H3,(H,37,40)(H,38,42)(H,34,35,36). The van der Waals surface area contributed by atoms with Gasteiger partial charge in [-0.1, -0.05) is 12.6 Å². The van der Waals surface area contributed by atoms with Gasteiger partial charge in [-0.2, -0.15) is 0 Å². The Morgan fingerprint density at radius 1 is 1.00 bits per heavy atom. The molecule has 0 atom stereocenters. The number of ether oxygens (including phenoxy) is 3. The molecule has 5 rings (SSSR count). The van der Waals surface area contributed by atoms with Gasteiger partial charge in [0.1, 0.15) is 35.6 Å². The molecule has 0 bridgehead atoms. The highest BCUT2D eigenvalue weighted by Crippen LogP contribution is 2.37. The van der Waals surface area contributed by atoms with Crippen molar-refractivity contribution in [3.63, 3.8) is 0 Å². The molecule has 3 amide bonds. The Morgan fingerprint density at radius 3 is 2.49 bits per heavy atom. The van der Waals surface area contributed by atoms with Crippen molar-refractivity contribution >= 4 is 40.1 Å². The predicted molar refractivity (Wildman–Crippen MR) is 164 cm³/mol. The van der Waals surface area contributed by atoms with Gasteiger partial charge < -0.3 is 24.4 Å². The van der Waals surface area contributed by atoms with Gasteiger partial charge in [0, 0.05) is 55.9 Å². The number of carbonyl (C=O) groups excluding carboxylic acids is 3. The van der Waals surface area contributed by atoms with Crippen LogP contribution >= 0.6 is 0 Å². The Kier molecular flexibility index (Phi) is 9.37. The molecule has 4 aromatic rings. The highest BCUT2D eigenvalue weighted by molar-refractivity contribution is 5.95. The van der Waals surface area contributed by atoms with Crippen molar-refractivity contribution in [3.8, 4) is 23.0 Å². The molecule has 45 heavy (non-hydrogen) atoms. The zero-order chi connectivity index (χ0) is 31.9. The number of anilines is 2. The topological polar surface area (TPSA) is 144 Å². The van der Waals surface area contributed by atoms with Gasteiger partial charge >= 0.3 is 0 Å². The number of benzene rings is 3. The first kappa shape index (κ1) is 30.7. The molecule has 2 heterocycles. The van der Waals surface area contributed by atoms with Crippen LogP contribution in [0.4, 0.5) is 15.9 Å². The van der Waals surface area contributed by atoms with Gasteiger partial charge in [0.05, 0.1) is 18.3 Å². The van der Waals surface area contributed by atoms with Gasteiger partial charge in [-0.05, 0) is 42.5 Å². The van der Waals surface area contributed by atoms with E-state index in [-0.39, 0.29) is 29.0 Å². The van der Waals surface area contributed by atoms with Crippen molar-refractivity contribution in [1.29, 1.82) is 0 Å². The highest BCUT2D eigenvalue weighted by atomic mass is 19.1. The number of nitrogens with zero attached hydrogens (tertiary/aromatic N) is 3. The fourth-order valence-electron chi connectivity index (χ4n) is 4.76. The number of nitrogens with one attached hydrogen (secondary N) is 3.